The van der Waals surface area contributed by atoms with E-state index in [1.54, 1.807) is 18.3 Å². The molecule has 17 heavy (non-hydrogen) atoms. The van der Waals surface area contributed by atoms with E-state index < -0.39 is 0 Å². The van der Waals surface area contributed by atoms with E-state index in [9.17, 15) is 9.59 Å². The first kappa shape index (κ1) is 9.65. The highest BCUT2D eigenvalue weighted by Gasteiger charge is 2.24. The third kappa shape index (κ3) is 1.48. The second-order valence-corrected chi connectivity index (χ2v) is 3.59. The Morgan fingerprint density at radius 3 is 2.59 bits per heavy atom. The standard InChI is InChI=1S/C12H7N3O2/c16-8-4-5-9(17)11-10(8)14-12(15-11)7-3-1-2-6-13-7/h1-6H,(H,14,15). The lowest BCUT2D eigenvalue weighted by atomic mass is 10.1. The Hall–Kier alpha value is -2.56. The van der Waals surface area contributed by atoms with Crippen LogP contribution in [-0.2, 0) is 0 Å². The lowest BCUT2D eigenvalue weighted by Gasteiger charge is -1.98. The van der Waals surface area contributed by atoms with E-state index in [0.717, 1.165) is 0 Å². The number of hydrogen-bond acceptors (Lipinski definition) is 4. The second kappa shape index (κ2) is 3.48. The third-order valence-electron chi connectivity index (χ3n) is 2.48. The van der Waals surface area contributed by atoms with Gasteiger partial charge in [0.05, 0.1) is 0 Å². The summed E-state index contributed by atoms with van der Waals surface area (Å²) in [6.45, 7) is 0. The van der Waals surface area contributed by atoms with Crippen molar-refractivity contribution in [2.75, 3.05) is 0 Å². The molecule has 1 aliphatic carbocycles. The van der Waals surface area contributed by atoms with Crippen molar-refractivity contribution in [3.63, 3.8) is 0 Å². The smallest absolute Gasteiger partial charge is 0.206 e. The number of hydrogen-bond donors (Lipinski definition) is 1. The first-order chi connectivity index (χ1) is 8.25. The van der Waals surface area contributed by atoms with Crippen LogP contribution >= 0.6 is 0 Å². The topological polar surface area (TPSA) is 75.7 Å². The molecule has 0 bridgehead atoms. The van der Waals surface area contributed by atoms with E-state index in [-0.39, 0.29) is 23.0 Å². The molecule has 0 unspecified atom stereocenters. The molecule has 0 radical (unpaired) electrons. The molecular weight excluding hydrogens is 218 g/mol. The van der Waals surface area contributed by atoms with Crippen molar-refractivity contribution >= 4 is 11.6 Å². The van der Waals surface area contributed by atoms with Gasteiger partial charge in [-0.15, -0.1) is 0 Å². The number of pyridine rings is 1. The molecule has 2 heterocycles. The van der Waals surface area contributed by atoms with Gasteiger partial charge in [-0.25, -0.2) is 4.98 Å². The van der Waals surface area contributed by atoms with Crippen molar-refractivity contribution < 1.29 is 9.59 Å². The molecule has 0 atom stereocenters. The van der Waals surface area contributed by atoms with Crippen molar-refractivity contribution in [2.45, 2.75) is 0 Å². The Morgan fingerprint density at radius 2 is 1.88 bits per heavy atom. The van der Waals surface area contributed by atoms with Crippen LogP contribution in [0, 0.1) is 0 Å². The summed E-state index contributed by atoms with van der Waals surface area (Å²) in [6.07, 6.45) is 4.09. The minimum Gasteiger partial charge on any atom is -0.333 e. The van der Waals surface area contributed by atoms with Gasteiger partial charge in [0.2, 0.25) is 11.6 Å². The van der Waals surface area contributed by atoms with Crippen LogP contribution in [0.4, 0.5) is 0 Å². The van der Waals surface area contributed by atoms with Crippen LogP contribution in [0.15, 0.2) is 36.5 Å². The van der Waals surface area contributed by atoms with Crippen LogP contribution in [0.2, 0.25) is 0 Å². The summed E-state index contributed by atoms with van der Waals surface area (Å²) in [7, 11) is 0. The zero-order valence-electron chi connectivity index (χ0n) is 8.68. The molecule has 2 aromatic heterocycles. The van der Waals surface area contributed by atoms with Gasteiger partial charge in [-0.05, 0) is 24.3 Å². The van der Waals surface area contributed by atoms with Crippen molar-refractivity contribution in [2.24, 2.45) is 0 Å². The predicted octanol–water partition coefficient (Wildman–Crippen LogP) is 1.41. The molecule has 5 heteroatoms. The molecule has 3 rings (SSSR count). The molecule has 0 saturated carbocycles. The van der Waals surface area contributed by atoms with Gasteiger partial charge >= 0.3 is 0 Å². The van der Waals surface area contributed by atoms with Crippen molar-refractivity contribution in [1.82, 2.24) is 15.0 Å². The van der Waals surface area contributed by atoms with E-state index in [1.165, 1.54) is 12.2 Å². The second-order valence-electron chi connectivity index (χ2n) is 3.59. The monoisotopic (exact) mass is 225 g/mol. The average molecular weight is 225 g/mol. The quantitative estimate of drug-likeness (QED) is 0.796. The summed E-state index contributed by atoms with van der Waals surface area (Å²) in [5, 5.41) is 0. The first-order valence-corrected chi connectivity index (χ1v) is 5.04. The Labute approximate surface area is 96.2 Å². The van der Waals surface area contributed by atoms with Crippen LogP contribution in [-0.4, -0.2) is 26.5 Å². The normalized spacial score (nSPS) is 13.9. The third-order valence-corrected chi connectivity index (χ3v) is 2.48. The predicted molar refractivity (Wildman–Crippen MR) is 59.6 cm³/mol. The molecular formula is C12H7N3O2. The van der Waals surface area contributed by atoms with E-state index >= 15 is 0 Å². The van der Waals surface area contributed by atoms with E-state index in [1.807, 2.05) is 6.07 Å². The number of rotatable bonds is 1. The summed E-state index contributed by atoms with van der Waals surface area (Å²) in [4.78, 5) is 34.1. The van der Waals surface area contributed by atoms with Gasteiger partial charge in [0.15, 0.2) is 5.82 Å². The molecule has 2 aromatic rings. The zero-order chi connectivity index (χ0) is 11.8. The summed E-state index contributed by atoms with van der Waals surface area (Å²) in [6, 6.07) is 5.35. The van der Waals surface area contributed by atoms with Crippen LogP contribution < -0.4 is 0 Å². The van der Waals surface area contributed by atoms with Crippen molar-refractivity contribution in [3.8, 4) is 11.5 Å². The molecule has 1 N–H and O–H groups in total. The van der Waals surface area contributed by atoms with Crippen molar-refractivity contribution in [1.29, 1.82) is 0 Å². The van der Waals surface area contributed by atoms with Gasteiger partial charge in [0, 0.05) is 6.20 Å². The number of imidazole rings is 1. The van der Waals surface area contributed by atoms with Crippen molar-refractivity contribution in [3.05, 3.63) is 47.9 Å². The Balaban J connectivity index is 2.15. The maximum atomic E-state index is 11.5. The Bertz CT molecular complexity index is 606. The number of nitrogens with one attached hydrogen (secondary N) is 1. The lowest BCUT2D eigenvalue weighted by Crippen LogP contribution is -2.10. The Morgan fingerprint density at radius 1 is 1.06 bits per heavy atom. The number of allylic oxidation sites excluding steroid dienone is 2. The van der Waals surface area contributed by atoms with Gasteiger partial charge in [0.1, 0.15) is 17.1 Å². The minimum atomic E-state index is -0.266. The van der Waals surface area contributed by atoms with Gasteiger partial charge in [-0.3, -0.25) is 14.6 Å². The van der Waals surface area contributed by atoms with E-state index in [2.05, 4.69) is 15.0 Å². The SMILES string of the molecule is O=C1C=CC(=O)c2[nH]c(-c3ccccn3)nc21. The molecule has 0 fully saturated rings. The minimum absolute atomic E-state index is 0.165. The number of carbonyl (C=O) groups is 2. The van der Waals surface area contributed by atoms with Gasteiger partial charge in [-0.1, -0.05) is 6.07 Å². The molecule has 1 aliphatic rings. The highest BCUT2D eigenvalue weighted by molar-refractivity contribution is 6.20. The molecule has 82 valence electrons. The largest absolute Gasteiger partial charge is 0.333 e. The highest BCUT2D eigenvalue weighted by atomic mass is 16.1. The zero-order valence-corrected chi connectivity index (χ0v) is 8.68. The molecule has 0 spiro atoms. The maximum Gasteiger partial charge on any atom is 0.206 e. The lowest BCUT2D eigenvalue weighted by molar-refractivity contribution is 0.0989. The number of H-pyrrole nitrogens is 1. The summed E-state index contributed by atoms with van der Waals surface area (Å²) in [5.74, 6) is -0.0756. The van der Waals surface area contributed by atoms with Crippen LogP contribution in [0.25, 0.3) is 11.5 Å². The number of aromatic amines is 1. The van der Waals surface area contributed by atoms with Gasteiger partial charge in [0.25, 0.3) is 0 Å². The maximum absolute atomic E-state index is 11.5. The van der Waals surface area contributed by atoms with Crippen LogP contribution in [0.1, 0.15) is 21.0 Å². The number of nitrogens with zero attached hydrogens (tertiary/aromatic N) is 2. The number of ketones is 2. The first-order valence-electron chi connectivity index (χ1n) is 5.04. The fourth-order valence-corrected chi connectivity index (χ4v) is 1.67. The van der Waals surface area contributed by atoms with Gasteiger partial charge < -0.3 is 4.98 Å². The van der Waals surface area contributed by atoms with E-state index in [4.69, 9.17) is 0 Å². The molecule has 0 amide bonds. The molecule has 0 saturated heterocycles. The van der Waals surface area contributed by atoms with E-state index in [0.29, 0.717) is 11.5 Å². The average Bonchev–Trinajstić information content (AvgIpc) is 2.81. The highest BCUT2D eigenvalue weighted by Crippen LogP contribution is 2.19. The fraction of sp³-hybridized carbons (Fsp3) is 0. The van der Waals surface area contributed by atoms with Gasteiger partial charge in [-0.2, -0.15) is 0 Å². The molecule has 0 aliphatic heterocycles. The van der Waals surface area contributed by atoms with Crippen LogP contribution in [0.5, 0.6) is 0 Å². The summed E-state index contributed by atoms with van der Waals surface area (Å²) >= 11 is 0. The number of carbonyl (C=O) groups excluding carboxylic acids is 2. The number of aromatic nitrogens is 3. The molecule has 0 aromatic carbocycles. The fourth-order valence-electron chi connectivity index (χ4n) is 1.67. The summed E-state index contributed by atoms with van der Waals surface area (Å²) < 4.78 is 0. The molecule has 5 nitrogen and oxygen atoms in total. The van der Waals surface area contributed by atoms with Crippen LogP contribution in [0.3, 0.4) is 0 Å². The summed E-state index contributed by atoms with van der Waals surface area (Å²) in [5.41, 5.74) is 0.999. The Kier molecular flexibility index (Phi) is 1.98. The number of fused-ring (bicyclic) bond motifs is 1.